The fourth-order valence-corrected chi connectivity index (χ4v) is 1.92. The zero-order valence-corrected chi connectivity index (χ0v) is 11.6. The van der Waals surface area contributed by atoms with Crippen LogP contribution in [0, 0.1) is 6.92 Å². The second-order valence-corrected chi connectivity index (χ2v) is 4.62. The second kappa shape index (κ2) is 6.19. The number of carbonyl (C=O) groups is 1. The summed E-state index contributed by atoms with van der Waals surface area (Å²) in [6.07, 6.45) is 3.43. The van der Waals surface area contributed by atoms with Crippen molar-refractivity contribution in [3.05, 3.63) is 53.3 Å². The van der Waals surface area contributed by atoms with Crippen molar-refractivity contribution in [3.63, 3.8) is 0 Å². The Morgan fingerprint density at radius 2 is 2.00 bits per heavy atom. The van der Waals surface area contributed by atoms with Crippen LogP contribution in [-0.4, -0.2) is 16.1 Å². The van der Waals surface area contributed by atoms with Crippen LogP contribution >= 0.6 is 0 Å². The molecule has 0 amide bonds. The van der Waals surface area contributed by atoms with Gasteiger partial charge in [-0.25, -0.2) is 4.79 Å². The summed E-state index contributed by atoms with van der Waals surface area (Å²) in [5, 5.41) is 9.13. The number of carboxylic acid groups (broad SMARTS) is 1. The number of hydrogen-bond donors (Lipinski definition) is 1. The highest BCUT2D eigenvalue weighted by Gasteiger charge is 2.13. The van der Waals surface area contributed by atoms with E-state index in [1.807, 2.05) is 24.3 Å². The molecule has 0 unspecified atom stereocenters. The molecular formula is C16H17NO3. The van der Waals surface area contributed by atoms with E-state index in [-0.39, 0.29) is 5.56 Å². The minimum absolute atomic E-state index is 0.0632. The van der Waals surface area contributed by atoms with Crippen LogP contribution in [0.25, 0.3) is 0 Å². The first-order chi connectivity index (χ1) is 9.60. The van der Waals surface area contributed by atoms with Gasteiger partial charge in [-0.1, -0.05) is 25.5 Å². The SMILES string of the molecule is CCCc1ccc(Oc2cc(C)ncc2C(=O)O)cc1. The lowest BCUT2D eigenvalue weighted by atomic mass is 10.1. The van der Waals surface area contributed by atoms with E-state index >= 15 is 0 Å². The Morgan fingerprint density at radius 3 is 2.60 bits per heavy atom. The van der Waals surface area contributed by atoms with Crippen molar-refractivity contribution in [1.82, 2.24) is 4.98 Å². The Labute approximate surface area is 118 Å². The monoisotopic (exact) mass is 271 g/mol. The van der Waals surface area contributed by atoms with Gasteiger partial charge in [-0.2, -0.15) is 0 Å². The van der Waals surface area contributed by atoms with Gasteiger partial charge >= 0.3 is 5.97 Å². The van der Waals surface area contributed by atoms with Crippen molar-refractivity contribution >= 4 is 5.97 Å². The number of aromatic nitrogens is 1. The van der Waals surface area contributed by atoms with Crippen molar-refractivity contribution in [1.29, 1.82) is 0 Å². The zero-order chi connectivity index (χ0) is 14.5. The molecule has 4 heteroatoms. The average molecular weight is 271 g/mol. The standard InChI is InChI=1S/C16H17NO3/c1-3-4-12-5-7-13(8-6-12)20-15-9-11(2)17-10-14(15)16(18)19/h5-10H,3-4H2,1-2H3,(H,18,19). The molecule has 0 aliphatic carbocycles. The molecule has 0 bridgehead atoms. The summed E-state index contributed by atoms with van der Waals surface area (Å²) in [7, 11) is 0. The smallest absolute Gasteiger partial charge is 0.341 e. The molecule has 0 radical (unpaired) electrons. The number of hydrogen-bond acceptors (Lipinski definition) is 3. The molecule has 1 N–H and O–H groups in total. The maximum Gasteiger partial charge on any atom is 0.341 e. The number of nitrogens with zero attached hydrogens (tertiary/aromatic N) is 1. The first-order valence-corrected chi connectivity index (χ1v) is 6.57. The van der Waals surface area contributed by atoms with Crippen molar-refractivity contribution in [3.8, 4) is 11.5 Å². The summed E-state index contributed by atoms with van der Waals surface area (Å²) in [6.45, 7) is 3.92. The molecule has 4 nitrogen and oxygen atoms in total. The van der Waals surface area contributed by atoms with E-state index in [0.717, 1.165) is 12.8 Å². The Balaban J connectivity index is 2.25. The number of pyridine rings is 1. The van der Waals surface area contributed by atoms with Gasteiger partial charge in [0.25, 0.3) is 0 Å². The van der Waals surface area contributed by atoms with Gasteiger partial charge in [0.15, 0.2) is 0 Å². The van der Waals surface area contributed by atoms with Crippen LogP contribution in [0.2, 0.25) is 0 Å². The molecule has 0 spiro atoms. The summed E-state index contributed by atoms with van der Waals surface area (Å²) >= 11 is 0. The van der Waals surface area contributed by atoms with Gasteiger partial charge in [0.1, 0.15) is 17.1 Å². The molecule has 104 valence electrons. The number of aryl methyl sites for hydroxylation is 2. The molecular weight excluding hydrogens is 254 g/mol. The highest BCUT2D eigenvalue weighted by molar-refractivity contribution is 5.90. The summed E-state index contributed by atoms with van der Waals surface area (Å²) in [5.41, 5.74) is 2.02. The minimum Gasteiger partial charge on any atom is -0.477 e. The van der Waals surface area contributed by atoms with E-state index < -0.39 is 5.97 Å². The number of rotatable bonds is 5. The quantitative estimate of drug-likeness (QED) is 0.897. The topological polar surface area (TPSA) is 59.4 Å². The Kier molecular flexibility index (Phi) is 4.35. The molecule has 2 aromatic rings. The molecule has 0 aliphatic rings. The van der Waals surface area contributed by atoms with Crippen LogP contribution in [0.1, 0.15) is 35.0 Å². The van der Waals surface area contributed by atoms with Gasteiger partial charge in [0.2, 0.25) is 0 Å². The minimum atomic E-state index is -1.05. The van der Waals surface area contributed by atoms with Gasteiger partial charge in [-0.15, -0.1) is 0 Å². The summed E-state index contributed by atoms with van der Waals surface area (Å²) < 4.78 is 5.66. The van der Waals surface area contributed by atoms with Gasteiger partial charge < -0.3 is 9.84 Å². The third-order valence-corrected chi connectivity index (χ3v) is 2.92. The van der Waals surface area contributed by atoms with Crippen LogP contribution in [0.15, 0.2) is 36.5 Å². The molecule has 0 saturated heterocycles. The van der Waals surface area contributed by atoms with E-state index in [2.05, 4.69) is 11.9 Å². The van der Waals surface area contributed by atoms with Crippen LogP contribution in [0.3, 0.4) is 0 Å². The van der Waals surface area contributed by atoms with Gasteiger partial charge in [-0.3, -0.25) is 4.98 Å². The Hall–Kier alpha value is -2.36. The second-order valence-electron chi connectivity index (χ2n) is 4.62. The lowest BCUT2D eigenvalue weighted by Crippen LogP contribution is -2.02. The number of benzene rings is 1. The van der Waals surface area contributed by atoms with E-state index in [0.29, 0.717) is 17.2 Å². The largest absolute Gasteiger partial charge is 0.477 e. The molecule has 0 saturated carbocycles. The maximum absolute atomic E-state index is 11.1. The molecule has 2 rings (SSSR count). The number of aromatic carboxylic acids is 1. The molecule has 1 aromatic heterocycles. The molecule has 0 aliphatic heterocycles. The van der Waals surface area contributed by atoms with E-state index in [1.165, 1.54) is 11.8 Å². The predicted octanol–water partition coefficient (Wildman–Crippen LogP) is 3.83. The number of ether oxygens (including phenoxy) is 1. The molecule has 20 heavy (non-hydrogen) atoms. The first kappa shape index (κ1) is 14.1. The van der Waals surface area contributed by atoms with Crippen molar-refractivity contribution < 1.29 is 14.6 Å². The van der Waals surface area contributed by atoms with Crippen LogP contribution in [0.5, 0.6) is 11.5 Å². The third-order valence-electron chi connectivity index (χ3n) is 2.92. The van der Waals surface area contributed by atoms with Gasteiger partial charge in [0, 0.05) is 18.0 Å². The first-order valence-electron chi connectivity index (χ1n) is 6.57. The van der Waals surface area contributed by atoms with Crippen molar-refractivity contribution in [2.45, 2.75) is 26.7 Å². The fraction of sp³-hybridized carbons (Fsp3) is 0.250. The summed E-state index contributed by atoms with van der Waals surface area (Å²) in [4.78, 5) is 15.1. The van der Waals surface area contributed by atoms with Crippen LogP contribution in [0.4, 0.5) is 0 Å². The highest BCUT2D eigenvalue weighted by Crippen LogP contribution is 2.26. The van der Waals surface area contributed by atoms with Gasteiger partial charge in [0.05, 0.1) is 0 Å². The van der Waals surface area contributed by atoms with E-state index in [1.54, 1.807) is 13.0 Å². The summed E-state index contributed by atoms with van der Waals surface area (Å²) in [5.74, 6) is -0.110. The summed E-state index contributed by atoms with van der Waals surface area (Å²) in [6, 6.07) is 9.32. The van der Waals surface area contributed by atoms with Crippen molar-refractivity contribution in [2.75, 3.05) is 0 Å². The van der Waals surface area contributed by atoms with E-state index in [9.17, 15) is 4.79 Å². The molecule has 1 aromatic carbocycles. The third kappa shape index (κ3) is 3.35. The fourth-order valence-electron chi connectivity index (χ4n) is 1.92. The van der Waals surface area contributed by atoms with Crippen molar-refractivity contribution in [2.24, 2.45) is 0 Å². The lowest BCUT2D eigenvalue weighted by molar-refractivity contribution is 0.0693. The molecule has 0 fully saturated rings. The average Bonchev–Trinajstić information content (AvgIpc) is 2.41. The van der Waals surface area contributed by atoms with E-state index in [4.69, 9.17) is 9.84 Å². The number of carboxylic acids is 1. The van der Waals surface area contributed by atoms with Gasteiger partial charge in [-0.05, 0) is 31.0 Å². The predicted molar refractivity (Wildman–Crippen MR) is 76.4 cm³/mol. The molecule has 1 heterocycles. The Morgan fingerprint density at radius 1 is 1.30 bits per heavy atom. The highest BCUT2D eigenvalue weighted by atomic mass is 16.5. The maximum atomic E-state index is 11.1. The Bertz CT molecular complexity index is 606. The normalized spacial score (nSPS) is 10.3. The molecule has 0 atom stereocenters. The van der Waals surface area contributed by atoms with Crippen LogP contribution < -0.4 is 4.74 Å². The van der Waals surface area contributed by atoms with Crippen LogP contribution in [-0.2, 0) is 6.42 Å². The lowest BCUT2D eigenvalue weighted by Gasteiger charge is -2.09. The zero-order valence-electron chi connectivity index (χ0n) is 11.6.